The molecule has 1 aromatic carbocycles. The Morgan fingerprint density at radius 2 is 2.13 bits per heavy atom. The Morgan fingerprint density at radius 3 is 2.83 bits per heavy atom. The number of halogens is 1. The maximum absolute atomic E-state index is 11.4. The van der Waals surface area contributed by atoms with Crippen LogP contribution in [0, 0.1) is 0 Å². The van der Waals surface area contributed by atoms with Crippen molar-refractivity contribution in [3.8, 4) is 11.3 Å². The molecule has 1 aliphatic rings. The van der Waals surface area contributed by atoms with E-state index < -0.39 is 18.1 Å². The third-order valence-electron chi connectivity index (χ3n) is 4.19. The second kappa shape index (κ2) is 6.70. The highest BCUT2D eigenvalue weighted by Crippen LogP contribution is 2.26. The van der Waals surface area contributed by atoms with Gasteiger partial charge in [-0.1, -0.05) is 23.7 Å². The summed E-state index contributed by atoms with van der Waals surface area (Å²) in [6, 6.07) is 6.73. The van der Waals surface area contributed by atoms with Crippen molar-refractivity contribution in [2.45, 2.75) is 31.5 Å². The number of carbonyl (C=O) groups is 1. The molecule has 3 rings (SSSR count). The predicted octanol–water partition coefficient (Wildman–Crippen LogP) is 2.14. The van der Waals surface area contributed by atoms with Crippen LogP contribution in [0.25, 0.3) is 11.3 Å². The van der Waals surface area contributed by atoms with Crippen molar-refractivity contribution >= 4 is 17.6 Å². The quantitative estimate of drug-likeness (QED) is 0.796. The summed E-state index contributed by atoms with van der Waals surface area (Å²) in [6.45, 7) is 1.02. The van der Waals surface area contributed by atoms with Crippen molar-refractivity contribution < 1.29 is 15.0 Å². The number of nitrogens with one attached hydrogen (secondary N) is 1. The molecule has 1 aromatic heterocycles. The second-order valence-corrected chi connectivity index (χ2v) is 6.22. The van der Waals surface area contributed by atoms with E-state index in [2.05, 4.69) is 10.2 Å². The van der Waals surface area contributed by atoms with Gasteiger partial charge >= 0.3 is 5.97 Å². The number of hydrogen-bond donors (Lipinski definition) is 3. The molecule has 0 aliphatic carbocycles. The van der Waals surface area contributed by atoms with Gasteiger partial charge in [0.2, 0.25) is 0 Å². The number of carboxylic acids is 1. The van der Waals surface area contributed by atoms with E-state index in [0.29, 0.717) is 24.5 Å². The van der Waals surface area contributed by atoms with Crippen LogP contribution in [0.3, 0.4) is 0 Å². The fraction of sp³-hybridized carbons (Fsp3) is 0.375. The van der Waals surface area contributed by atoms with Gasteiger partial charge in [0.1, 0.15) is 6.04 Å². The van der Waals surface area contributed by atoms with Gasteiger partial charge in [-0.3, -0.25) is 14.8 Å². The number of hydrogen-bond acceptors (Lipinski definition) is 4. The van der Waals surface area contributed by atoms with E-state index in [1.807, 2.05) is 17.0 Å². The number of likely N-dealkylation sites (tertiary alicyclic amines) is 1. The number of aliphatic hydroxyl groups excluding tert-OH is 1. The highest BCUT2D eigenvalue weighted by molar-refractivity contribution is 6.30. The number of aliphatic carboxylic acids is 1. The lowest BCUT2D eigenvalue weighted by atomic mass is 9.98. The average Bonchev–Trinajstić information content (AvgIpc) is 2.98. The zero-order chi connectivity index (χ0) is 16.4. The Bertz CT molecular complexity index is 686. The highest BCUT2D eigenvalue weighted by atomic mass is 35.5. The average molecular weight is 336 g/mol. The van der Waals surface area contributed by atoms with E-state index in [0.717, 1.165) is 16.8 Å². The summed E-state index contributed by atoms with van der Waals surface area (Å²) in [4.78, 5) is 13.3. The fourth-order valence-electron chi connectivity index (χ4n) is 2.96. The van der Waals surface area contributed by atoms with Gasteiger partial charge in [-0.15, -0.1) is 0 Å². The third-order valence-corrected chi connectivity index (χ3v) is 4.45. The van der Waals surface area contributed by atoms with Crippen molar-refractivity contribution in [1.29, 1.82) is 0 Å². The minimum absolute atomic E-state index is 0.253. The lowest BCUT2D eigenvalue weighted by Crippen LogP contribution is -2.48. The number of aliphatic hydroxyl groups is 1. The molecule has 23 heavy (non-hydrogen) atoms. The Labute approximate surface area is 138 Å². The van der Waals surface area contributed by atoms with Gasteiger partial charge in [-0.2, -0.15) is 5.10 Å². The first-order chi connectivity index (χ1) is 11.0. The van der Waals surface area contributed by atoms with Crippen LogP contribution >= 0.6 is 11.6 Å². The van der Waals surface area contributed by atoms with Gasteiger partial charge in [0.15, 0.2) is 0 Å². The first kappa shape index (κ1) is 16.0. The van der Waals surface area contributed by atoms with Gasteiger partial charge in [0.05, 0.1) is 18.0 Å². The van der Waals surface area contributed by atoms with E-state index in [-0.39, 0.29) is 6.42 Å². The number of piperidine rings is 1. The van der Waals surface area contributed by atoms with Gasteiger partial charge in [0.25, 0.3) is 0 Å². The van der Waals surface area contributed by atoms with Crippen molar-refractivity contribution in [3.63, 3.8) is 0 Å². The zero-order valence-corrected chi connectivity index (χ0v) is 13.2. The molecule has 0 bridgehead atoms. The molecule has 1 aliphatic heterocycles. The van der Waals surface area contributed by atoms with Crippen LogP contribution in [0.15, 0.2) is 30.5 Å². The number of carboxylic acid groups (broad SMARTS) is 1. The summed E-state index contributed by atoms with van der Waals surface area (Å²) in [5.74, 6) is -0.903. The SMILES string of the molecule is O=C(O)[C@H]1C[C@@H](O)CCN1Cc1cn[nH]c1-c1ccc(Cl)cc1. The second-order valence-electron chi connectivity index (χ2n) is 5.78. The summed E-state index contributed by atoms with van der Waals surface area (Å²) >= 11 is 5.91. The lowest BCUT2D eigenvalue weighted by Gasteiger charge is -2.35. The fourth-order valence-corrected chi connectivity index (χ4v) is 3.08. The van der Waals surface area contributed by atoms with Crippen LogP contribution in [-0.4, -0.2) is 50.0 Å². The molecular formula is C16H18ClN3O3. The number of aromatic amines is 1. The predicted molar refractivity (Wildman–Crippen MR) is 86.1 cm³/mol. The topological polar surface area (TPSA) is 89.4 Å². The Hall–Kier alpha value is -1.89. The summed E-state index contributed by atoms with van der Waals surface area (Å²) in [5, 5.41) is 26.8. The Morgan fingerprint density at radius 1 is 1.39 bits per heavy atom. The molecule has 1 fully saturated rings. The summed E-state index contributed by atoms with van der Waals surface area (Å²) in [6.07, 6.45) is 2.00. The number of nitrogens with zero attached hydrogens (tertiary/aromatic N) is 2. The first-order valence-corrected chi connectivity index (χ1v) is 7.85. The maximum Gasteiger partial charge on any atom is 0.321 e. The number of rotatable bonds is 4. The monoisotopic (exact) mass is 335 g/mol. The van der Waals surface area contributed by atoms with E-state index in [1.165, 1.54) is 0 Å². The van der Waals surface area contributed by atoms with Crippen LogP contribution < -0.4 is 0 Å². The third kappa shape index (κ3) is 3.55. The highest BCUT2D eigenvalue weighted by Gasteiger charge is 2.33. The molecule has 0 amide bonds. The van der Waals surface area contributed by atoms with Gasteiger partial charge in [-0.25, -0.2) is 0 Å². The Balaban J connectivity index is 1.82. The molecule has 7 heteroatoms. The first-order valence-electron chi connectivity index (χ1n) is 7.47. The normalized spacial score (nSPS) is 22.2. The molecule has 2 atom stereocenters. The van der Waals surface area contributed by atoms with E-state index >= 15 is 0 Å². The molecule has 0 radical (unpaired) electrons. The molecular weight excluding hydrogens is 318 g/mol. The van der Waals surface area contributed by atoms with Crippen molar-refractivity contribution in [3.05, 3.63) is 41.0 Å². The van der Waals surface area contributed by atoms with Gasteiger partial charge in [-0.05, 0) is 30.5 Å². The summed E-state index contributed by atoms with van der Waals surface area (Å²) in [5.41, 5.74) is 2.73. The molecule has 0 saturated carbocycles. The molecule has 6 nitrogen and oxygen atoms in total. The van der Waals surface area contributed by atoms with Crippen LogP contribution in [0.5, 0.6) is 0 Å². The molecule has 2 aromatic rings. The van der Waals surface area contributed by atoms with Crippen molar-refractivity contribution in [2.24, 2.45) is 0 Å². The van der Waals surface area contributed by atoms with Crippen LogP contribution in [0.4, 0.5) is 0 Å². The number of aromatic nitrogens is 2. The van der Waals surface area contributed by atoms with Gasteiger partial charge in [0, 0.05) is 23.7 Å². The summed E-state index contributed by atoms with van der Waals surface area (Å²) < 4.78 is 0. The summed E-state index contributed by atoms with van der Waals surface area (Å²) in [7, 11) is 0. The molecule has 2 heterocycles. The minimum atomic E-state index is -0.903. The minimum Gasteiger partial charge on any atom is -0.480 e. The van der Waals surface area contributed by atoms with Crippen molar-refractivity contribution in [1.82, 2.24) is 15.1 Å². The lowest BCUT2D eigenvalue weighted by molar-refractivity contribution is -0.146. The molecule has 3 N–H and O–H groups in total. The van der Waals surface area contributed by atoms with Crippen molar-refractivity contribution in [2.75, 3.05) is 6.54 Å². The molecule has 0 spiro atoms. The molecule has 1 saturated heterocycles. The van der Waals surface area contributed by atoms with E-state index in [4.69, 9.17) is 11.6 Å². The number of benzene rings is 1. The van der Waals surface area contributed by atoms with Crippen LogP contribution in [0.2, 0.25) is 5.02 Å². The number of H-pyrrole nitrogens is 1. The van der Waals surface area contributed by atoms with E-state index in [1.54, 1.807) is 18.3 Å². The van der Waals surface area contributed by atoms with Gasteiger partial charge < -0.3 is 10.2 Å². The van der Waals surface area contributed by atoms with Crippen LogP contribution in [-0.2, 0) is 11.3 Å². The molecule has 0 unspecified atom stereocenters. The van der Waals surface area contributed by atoms with Crippen LogP contribution in [0.1, 0.15) is 18.4 Å². The smallest absolute Gasteiger partial charge is 0.321 e. The zero-order valence-electron chi connectivity index (χ0n) is 12.4. The van der Waals surface area contributed by atoms with E-state index in [9.17, 15) is 15.0 Å². The standard InChI is InChI=1S/C16H18ClN3O3/c17-12-3-1-10(2-4-12)15-11(8-18-19-15)9-20-6-5-13(21)7-14(20)16(22)23/h1-4,8,13-14,21H,5-7,9H2,(H,18,19)(H,22,23)/t13-,14+/m0/s1. The maximum atomic E-state index is 11.4. The largest absolute Gasteiger partial charge is 0.480 e. The molecule has 122 valence electrons. The Kier molecular flexibility index (Phi) is 4.66.